The molecule has 0 unspecified atom stereocenters. The van der Waals surface area contributed by atoms with Crippen LogP contribution in [0.1, 0.15) is 63.8 Å². The fourth-order valence-electron chi connectivity index (χ4n) is 3.02. The second-order valence-electron chi connectivity index (χ2n) is 6.47. The summed E-state index contributed by atoms with van der Waals surface area (Å²) in [7, 11) is 0. The maximum Gasteiger partial charge on any atom is 0.274 e. The minimum absolute atomic E-state index is 0.0366. The van der Waals surface area contributed by atoms with Crippen molar-refractivity contribution < 1.29 is 14.4 Å². The van der Waals surface area contributed by atoms with Gasteiger partial charge in [-0.2, -0.15) is 0 Å². The van der Waals surface area contributed by atoms with Gasteiger partial charge in [0.2, 0.25) is 0 Å². The molecule has 1 saturated carbocycles. The Bertz CT molecular complexity index is 824. The predicted octanol–water partition coefficient (Wildman–Crippen LogP) is 3.21. The van der Waals surface area contributed by atoms with E-state index < -0.39 is 5.91 Å². The highest BCUT2D eigenvalue weighted by atomic mass is 16.2. The van der Waals surface area contributed by atoms with E-state index in [1.54, 1.807) is 30.3 Å². The van der Waals surface area contributed by atoms with E-state index in [1.165, 1.54) is 19.2 Å². The lowest BCUT2D eigenvalue weighted by Crippen LogP contribution is -2.32. The molecule has 1 aromatic heterocycles. The van der Waals surface area contributed by atoms with Crippen molar-refractivity contribution in [3.8, 4) is 0 Å². The number of ketones is 1. The van der Waals surface area contributed by atoms with E-state index >= 15 is 0 Å². The fourth-order valence-corrected chi connectivity index (χ4v) is 3.02. The minimum atomic E-state index is -0.406. The number of Topliss-reactive ketones (excluding diaryl/α,β-unsaturated/α-hetero) is 1. The summed E-state index contributed by atoms with van der Waals surface area (Å²) in [6.45, 7) is 1.49. The van der Waals surface area contributed by atoms with Gasteiger partial charge in [-0.1, -0.05) is 12.8 Å². The number of carbonyl (C=O) groups excluding carboxylic acids is 3. The summed E-state index contributed by atoms with van der Waals surface area (Å²) < 4.78 is 0. The number of anilines is 1. The third-order valence-corrected chi connectivity index (χ3v) is 4.49. The third-order valence-electron chi connectivity index (χ3n) is 4.49. The molecule has 0 radical (unpaired) electrons. The first-order valence-corrected chi connectivity index (χ1v) is 8.72. The van der Waals surface area contributed by atoms with E-state index in [-0.39, 0.29) is 23.4 Å². The molecule has 6 heteroatoms. The molecule has 2 aromatic rings. The molecule has 0 bridgehead atoms. The van der Waals surface area contributed by atoms with Crippen molar-refractivity contribution in [1.82, 2.24) is 10.3 Å². The van der Waals surface area contributed by atoms with Gasteiger partial charge in [0.1, 0.15) is 5.69 Å². The van der Waals surface area contributed by atoms with Crippen LogP contribution in [-0.2, 0) is 0 Å². The van der Waals surface area contributed by atoms with E-state index in [9.17, 15) is 14.4 Å². The molecule has 0 atom stereocenters. The van der Waals surface area contributed by atoms with Crippen LogP contribution in [0.25, 0.3) is 0 Å². The van der Waals surface area contributed by atoms with Gasteiger partial charge in [0.15, 0.2) is 5.78 Å². The molecule has 3 rings (SSSR count). The average molecular weight is 351 g/mol. The Labute approximate surface area is 152 Å². The smallest absolute Gasteiger partial charge is 0.274 e. The molecule has 0 saturated heterocycles. The third kappa shape index (κ3) is 4.33. The number of hydrogen-bond donors (Lipinski definition) is 2. The van der Waals surface area contributed by atoms with Gasteiger partial charge in [0.25, 0.3) is 11.8 Å². The van der Waals surface area contributed by atoms with Crippen molar-refractivity contribution in [2.75, 3.05) is 5.32 Å². The molecule has 1 aliphatic rings. The Hall–Kier alpha value is -3.02. The molecular formula is C20H21N3O3. The van der Waals surface area contributed by atoms with Gasteiger partial charge in [-0.25, -0.2) is 0 Å². The highest BCUT2D eigenvalue weighted by Crippen LogP contribution is 2.18. The number of hydrogen-bond acceptors (Lipinski definition) is 4. The van der Waals surface area contributed by atoms with Gasteiger partial charge in [-0.05, 0) is 56.2 Å². The molecular weight excluding hydrogens is 330 g/mol. The highest BCUT2D eigenvalue weighted by Gasteiger charge is 2.19. The molecule has 0 aliphatic heterocycles. The second kappa shape index (κ2) is 7.91. The molecule has 1 aromatic carbocycles. The van der Waals surface area contributed by atoms with Crippen molar-refractivity contribution in [3.05, 3.63) is 59.4 Å². The number of nitrogens with zero attached hydrogens (tertiary/aromatic N) is 1. The molecule has 1 aliphatic carbocycles. The number of aromatic nitrogens is 1. The summed E-state index contributed by atoms with van der Waals surface area (Å²) in [5.41, 5.74) is 1.72. The van der Waals surface area contributed by atoms with Crippen molar-refractivity contribution >= 4 is 23.3 Å². The van der Waals surface area contributed by atoms with Crippen LogP contribution in [0.4, 0.5) is 5.69 Å². The summed E-state index contributed by atoms with van der Waals surface area (Å²) >= 11 is 0. The molecule has 1 heterocycles. The number of pyridine rings is 1. The van der Waals surface area contributed by atoms with Gasteiger partial charge in [0.05, 0.1) is 0 Å². The standard InChI is InChI=1S/C20H21N3O3/c1-13(24)14-6-8-17(9-7-14)23-20(26)18-12-15(10-11-21-18)19(25)22-16-4-2-3-5-16/h6-12,16H,2-5H2,1H3,(H,22,25)(H,23,26). The van der Waals surface area contributed by atoms with Crippen molar-refractivity contribution in [2.45, 2.75) is 38.6 Å². The van der Waals surface area contributed by atoms with Crippen LogP contribution in [0.5, 0.6) is 0 Å². The zero-order valence-corrected chi connectivity index (χ0v) is 14.6. The van der Waals surface area contributed by atoms with Gasteiger partial charge in [0, 0.05) is 29.1 Å². The molecule has 26 heavy (non-hydrogen) atoms. The number of nitrogens with one attached hydrogen (secondary N) is 2. The number of amides is 2. The first kappa shape index (κ1) is 17.8. The lowest BCUT2D eigenvalue weighted by atomic mass is 10.1. The summed E-state index contributed by atoms with van der Waals surface area (Å²) in [6, 6.07) is 9.92. The molecule has 1 fully saturated rings. The van der Waals surface area contributed by atoms with Crippen molar-refractivity contribution in [2.24, 2.45) is 0 Å². The number of rotatable bonds is 5. The van der Waals surface area contributed by atoms with Crippen LogP contribution in [0, 0.1) is 0 Å². The highest BCUT2D eigenvalue weighted by molar-refractivity contribution is 6.05. The van der Waals surface area contributed by atoms with E-state index in [1.807, 2.05) is 0 Å². The fraction of sp³-hybridized carbons (Fsp3) is 0.300. The van der Waals surface area contributed by atoms with Crippen LogP contribution in [0.3, 0.4) is 0 Å². The SMILES string of the molecule is CC(=O)c1ccc(NC(=O)c2cc(C(=O)NC3CCCC3)ccn2)cc1. The van der Waals surface area contributed by atoms with Crippen LogP contribution in [0.15, 0.2) is 42.6 Å². The van der Waals surface area contributed by atoms with E-state index in [0.717, 1.165) is 25.7 Å². The van der Waals surface area contributed by atoms with E-state index in [2.05, 4.69) is 15.6 Å². The summed E-state index contributed by atoms with van der Waals surface area (Å²) in [5, 5.41) is 5.72. The lowest BCUT2D eigenvalue weighted by Gasteiger charge is -2.12. The zero-order chi connectivity index (χ0) is 18.5. The van der Waals surface area contributed by atoms with Crippen LogP contribution >= 0.6 is 0 Å². The Kier molecular flexibility index (Phi) is 5.41. The van der Waals surface area contributed by atoms with Crippen LogP contribution in [-0.4, -0.2) is 28.6 Å². The van der Waals surface area contributed by atoms with Gasteiger partial charge in [-0.3, -0.25) is 19.4 Å². The van der Waals surface area contributed by atoms with Crippen LogP contribution < -0.4 is 10.6 Å². The van der Waals surface area contributed by atoms with Crippen LogP contribution in [0.2, 0.25) is 0 Å². The first-order valence-electron chi connectivity index (χ1n) is 8.72. The summed E-state index contributed by atoms with van der Waals surface area (Å²) in [4.78, 5) is 40.1. The van der Waals surface area contributed by atoms with Gasteiger partial charge >= 0.3 is 0 Å². The Morgan fingerprint density at radius 1 is 0.962 bits per heavy atom. The lowest BCUT2D eigenvalue weighted by molar-refractivity contribution is 0.0937. The van der Waals surface area contributed by atoms with E-state index in [0.29, 0.717) is 16.8 Å². The minimum Gasteiger partial charge on any atom is -0.349 e. The molecule has 0 spiro atoms. The molecule has 6 nitrogen and oxygen atoms in total. The largest absolute Gasteiger partial charge is 0.349 e. The first-order chi connectivity index (χ1) is 12.5. The quantitative estimate of drug-likeness (QED) is 0.810. The summed E-state index contributed by atoms with van der Waals surface area (Å²) in [5.74, 6) is -0.624. The van der Waals surface area contributed by atoms with Gasteiger partial charge < -0.3 is 10.6 Å². The maximum atomic E-state index is 12.4. The molecule has 2 amide bonds. The number of carbonyl (C=O) groups is 3. The monoisotopic (exact) mass is 351 g/mol. The Morgan fingerprint density at radius 3 is 2.31 bits per heavy atom. The van der Waals surface area contributed by atoms with Crippen molar-refractivity contribution in [3.63, 3.8) is 0 Å². The Morgan fingerprint density at radius 2 is 1.65 bits per heavy atom. The zero-order valence-electron chi connectivity index (χ0n) is 14.6. The average Bonchev–Trinajstić information content (AvgIpc) is 3.15. The normalized spacial score (nSPS) is 14.0. The predicted molar refractivity (Wildman–Crippen MR) is 98.4 cm³/mol. The van der Waals surface area contributed by atoms with Gasteiger partial charge in [-0.15, -0.1) is 0 Å². The molecule has 134 valence electrons. The maximum absolute atomic E-state index is 12.4. The Balaban J connectivity index is 1.67. The van der Waals surface area contributed by atoms with Crippen molar-refractivity contribution in [1.29, 1.82) is 0 Å². The summed E-state index contributed by atoms with van der Waals surface area (Å²) in [6.07, 6.45) is 5.73. The van der Waals surface area contributed by atoms with E-state index in [4.69, 9.17) is 0 Å². The number of benzene rings is 1. The second-order valence-corrected chi connectivity index (χ2v) is 6.47. The topological polar surface area (TPSA) is 88.2 Å². The molecule has 2 N–H and O–H groups in total.